The first kappa shape index (κ1) is 76.9. The number of fused-ring (bicyclic) bond motifs is 2. The average molecular weight is 1330 g/mol. The number of hydrazine groups is 1. The molecule has 0 radical (unpaired) electrons. The van der Waals surface area contributed by atoms with Gasteiger partial charge in [-0.3, -0.25) is 25.7 Å². The van der Waals surface area contributed by atoms with Crippen molar-refractivity contribution in [2.24, 2.45) is 19.7 Å². The summed E-state index contributed by atoms with van der Waals surface area (Å²) in [7, 11) is -2.58. The number of rotatable bonds is 21. The molecule has 8 rings (SSSR count). The van der Waals surface area contributed by atoms with E-state index < -0.39 is 67.0 Å². The molecule has 0 amide bonds. The number of methoxy groups -OCH3 is 4. The van der Waals surface area contributed by atoms with Crippen LogP contribution in [0.4, 0.5) is 11.4 Å². The van der Waals surface area contributed by atoms with Gasteiger partial charge in [-0.2, -0.15) is 27.0 Å². The van der Waals surface area contributed by atoms with Gasteiger partial charge in [0.1, 0.15) is 44.8 Å². The highest BCUT2D eigenvalue weighted by molar-refractivity contribution is 7.91. The largest absolute Gasteiger partial charge is 0.505 e. The van der Waals surface area contributed by atoms with Gasteiger partial charge in [0.2, 0.25) is 0 Å². The number of carboxylic acids is 2. The van der Waals surface area contributed by atoms with Crippen LogP contribution >= 0.6 is 0 Å². The number of ketones is 1. The Morgan fingerprint density at radius 1 is 0.634 bits per heavy atom. The molecule has 0 saturated heterocycles. The number of unbranched alkanes of at least 4 members (excludes halogenated alkanes) is 3. The summed E-state index contributed by atoms with van der Waals surface area (Å²) in [5.41, 5.74) is 7.33. The first-order valence-electron chi connectivity index (χ1n) is 28.6. The van der Waals surface area contributed by atoms with Gasteiger partial charge in [-0.15, -0.1) is 8.80 Å². The molecular weight excluding hydrogens is 1250 g/mol. The first-order chi connectivity index (χ1) is 44.4. The fourth-order valence-corrected chi connectivity index (χ4v) is 9.83. The van der Waals surface area contributed by atoms with Crippen molar-refractivity contribution >= 4 is 84.4 Å². The van der Waals surface area contributed by atoms with E-state index in [2.05, 4.69) is 59.1 Å². The fourth-order valence-electron chi connectivity index (χ4n) is 7.53. The number of hydrogen-bond acceptors (Lipinski definition) is 24. The molecule has 0 saturated carbocycles. The molecule has 93 heavy (non-hydrogen) atoms. The number of hydrogen-bond donors (Lipinski definition) is 8. The lowest BCUT2D eigenvalue weighted by Gasteiger charge is -2.20. The zero-order valence-electron chi connectivity index (χ0n) is 52.4. The molecular formula is C62H76N10O19S2. The lowest BCUT2D eigenvalue weighted by Crippen LogP contribution is -2.34. The second-order valence-corrected chi connectivity index (χ2v) is 22.0. The lowest BCUT2D eigenvalue weighted by molar-refractivity contribution is -0.159. The second-order valence-electron chi connectivity index (χ2n) is 18.9. The van der Waals surface area contributed by atoms with Crippen LogP contribution in [0.1, 0.15) is 94.1 Å². The number of nitrogens with one attached hydrogen (secondary N) is 4. The molecule has 0 bridgehead atoms. The van der Waals surface area contributed by atoms with Crippen molar-refractivity contribution < 1.29 is 84.6 Å². The number of carbonyl (C=O) groups excluding carboxylic acids is 4. The van der Waals surface area contributed by atoms with Gasteiger partial charge in [0, 0.05) is 48.5 Å². The number of esters is 3. The van der Waals surface area contributed by atoms with E-state index >= 15 is 0 Å². The zero-order valence-corrected chi connectivity index (χ0v) is 54.0. The SMILES string of the molecule is CCCCN/N=C(\C(=O)OC)c1ccccc1.CCCCNN.CCCCn1nc(-c2ccccc2)c(O)c(C2=NS(=O)(=O)c3cc(OC)ccc3N2)c1=O.CCOC(=O)CC1=NS(=O)(=O)c2cc(OC)ccc2N1.COC(=O)C(=O)c1ccccc1.O=C(O)C(=O)O. The summed E-state index contributed by atoms with van der Waals surface area (Å²) < 4.78 is 82.3. The molecule has 31 heteroatoms. The predicted octanol–water partition coefficient (Wildman–Crippen LogP) is 6.55. The van der Waals surface area contributed by atoms with E-state index in [1.807, 2.05) is 43.3 Å². The molecule has 2 aliphatic heterocycles. The number of aromatic nitrogens is 2. The topological polar surface area (TPSA) is 424 Å². The average Bonchev–Trinajstić information content (AvgIpc) is 0.767. The quantitative estimate of drug-likeness (QED) is 0.00553. The molecule has 29 nitrogen and oxygen atoms in total. The lowest BCUT2D eigenvalue weighted by atomic mass is 10.1. The standard InChI is InChI=1S/C22H22N4O5S.C13H18N2O2.C12H14N2O5S.C9H8O3.C4H12N2.C2H2O4/c1-3-4-12-26-22(28)18(20(27)19(24-26)14-8-6-5-7-9-14)21-23-16-11-10-15(31-2)13-17(16)32(29,30)25-21;1-3-4-10-14-15-12(13(16)17-2)11-8-6-5-7-9-11;1-3-19-12(15)7-11-13-9-5-4-8(18-2)6-10(9)20(16,17)14-11;1-12-9(11)8(10)7-5-3-2-4-6-7;1-2-3-4-6-5;3-1(4)2(5)6/h5-11,13,27H,3-4,12H2,1-2H3,(H,23,25);5-9,14H,3-4,10H2,1-2H3;4-6H,3,7H2,1-2H3,(H,13,14);2-6H,1H3;6H,2-5H2,1H3;(H,3,4)(H,5,6)/b;15-12-;;;;. The number of hydrazone groups is 1. The molecule has 0 unspecified atom stereocenters. The van der Waals surface area contributed by atoms with E-state index in [1.165, 1.54) is 64.2 Å². The van der Waals surface area contributed by atoms with Crippen molar-refractivity contribution in [2.45, 2.75) is 89.0 Å². The van der Waals surface area contributed by atoms with Gasteiger partial charge in [0.05, 0.1) is 46.4 Å². The number of ether oxygens (including phenoxy) is 5. The number of nitrogens with two attached hydrogens (primary N) is 1. The number of sulfonamides is 2. The number of carboxylic acid groups (broad SMARTS) is 2. The minimum absolute atomic E-state index is 0.0180. The van der Waals surface area contributed by atoms with Crippen LogP contribution in [-0.4, -0.2) is 143 Å². The van der Waals surface area contributed by atoms with Crippen molar-refractivity contribution in [3.8, 4) is 28.5 Å². The molecule has 0 spiro atoms. The van der Waals surface area contributed by atoms with Crippen LogP contribution in [0, 0.1) is 0 Å². The number of aromatic hydroxyl groups is 1. The van der Waals surface area contributed by atoms with Crippen LogP contribution in [0.25, 0.3) is 11.3 Å². The Bertz CT molecular complexity index is 3850. The van der Waals surface area contributed by atoms with Crippen molar-refractivity contribution in [1.29, 1.82) is 0 Å². The number of carbonyl (C=O) groups is 6. The molecule has 500 valence electrons. The number of aliphatic carboxylic acids is 2. The Hall–Kier alpha value is -10.4. The summed E-state index contributed by atoms with van der Waals surface area (Å²) in [6, 6.07) is 35.4. The normalized spacial score (nSPS) is 12.5. The minimum atomic E-state index is -4.15. The van der Waals surface area contributed by atoms with Crippen LogP contribution in [0.3, 0.4) is 0 Å². The molecule has 0 atom stereocenters. The van der Waals surface area contributed by atoms with Gasteiger partial charge in [-0.25, -0.2) is 23.9 Å². The van der Waals surface area contributed by atoms with Gasteiger partial charge >= 0.3 is 29.8 Å². The molecule has 6 aromatic rings. The predicted molar refractivity (Wildman–Crippen MR) is 346 cm³/mol. The van der Waals surface area contributed by atoms with E-state index in [4.69, 9.17) is 44.6 Å². The molecule has 0 aliphatic carbocycles. The summed E-state index contributed by atoms with van der Waals surface area (Å²) in [5, 5.41) is 39.9. The number of aryl methyl sites for hydroxylation is 1. The number of anilines is 2. The maximum atomic E-state index is 13.2. The van der Waals surface area contributed by atoms with Crippen molar-refractivity contribution in [2.75, 3.05) is 58.8 Å². The Labute approximate surface area is 537 Å². The van der Waals surface area contributed by atoms with Gasteiger partial charge in [0.15, 0.2) is 17.3 Å². The molecule has 0 fully saturated rings. The van der Waals surface area contributed by atoms with Crippen molar-refractivity contribution in [3.05, 3.63) is 154 Å². The van der Waals surface area contributed by atoms with E-state index in [0.29, 0.717) is 47.0 Å². The van der Waals surface area contributed by atoms with Crippen LogP contribution in [0.2, 0.25) is 0 Å². The molecule has 2 aliphatic rings. The monoisotopic (exact) mass is 1330 g/mol. The third kappa shape index (κ3) is 24.4. The first-order valence-corrected chi connectivity index (χ1v) is 31.5. The van der Waals surface area contributed by atoms with E-state index in [-0.39, 0.29) is 51.4 Å². The Morgan fingerprint density at radius 2 is 1.13 bits per heavy atom. The van der Waals surface area contributed by atoms with Gasteiger partial charge in [-0.05, 0) is 50.5 Å². The maximum Gasteiger partial charge on any atom is 0.414 e. The molecule has 1 aromatic heterocycles. The van der Waals surface area contributed by atoms with Gasteiger partial charge < -0.3 is 55.1 Å². The zero-order chi connectivity index (χ0) is 69.1. The Balaban J connectivity index is 0.000000320. The smallest absolute Gasteiger partial charge is 0.414 e. The second kappa shape index (κ2) is 39.7. The molecule has 9 N–H and O–H groups in total. The minimum Gasteiger partial charge on any atom is -0.505 e. The van der Waals surface area contributed by atoms with Crippen LogP contribution in [-0.2, 0) is 64.8 Å². The van der Waals surface area contributed by atoms with E-state index in [0.717, 1.165) is 37.9 Å². The van der Waals surface area contributed by atoms with Crippen molar-refractivity contribution in [1.82, 2.24) is 20.6 Å². The maximum absolute atomic E-state index is 13.2. The van der Waals surface area contributed by atoms with Crippen LogP contribution < -0.4 is 42.4 Å². The van der Waals surface area contributed by atoms with Gasteiger partial charge in [0.25, 0.3) is 31.4 Å². The summed E-state index contributed by atoms with van der Waals surface area (Å²) in [4.78, 5) is 76.1. The van der Waals surface area contributed by atoms with Crippen LogP contribution in [0.15, 0.2) is 156 Å². The van der Waals surface area contributed by atoms with E-state index in [1.54, 1.807) is 79.7 Å². The number of amidine groups is 2. The highest BCUT2D eigenvalue weighted by Crippen LogP contribution is 2.35. The van der Waals surface area contributed by atoms with Crippen molar-refractivity contribution in [3.63, 3.8) is 0 Å². The third-order valence-corrected chi connectivity index (χ3v) is 14.9. The summed E-state index contributed by atoms with van der Waals surface area (Å²) in [6.45, 7) is 10.1. The number of benzene rings is 5. The third-order valence-electron chi connectivity index (χ3n) is 12.2. The van der Waals surface area contributed by atoms with Gasteiger partial charge in [-0.1, -0.05) is 131 Å². The highest BCUT2D eigenvalue weighted by atomic mass is 32.2. The fraction of sp³-hybridized carbons (Fsp3) is 0.306. The summed E-state index contributed by atoms with van der Waals surface area (Å²) in [5.74, 6) is -0.975. The summed E-state index contributed by atoms with van der Waals surface area (Å²) >= 11 is 0. The summed E-state index contributed by atoms with van der Waals surface area (Å²) in [6.07, 6.45) is 5.79. The van der Waals surface area contributed by atoms with E-state index in [9.17, 15) is 45.9 Å². The molecule has 3 heterocycles. The molecule has 5 aromatic carbocycles. The van der Waals surface area contributed by atoms with Crippen LogP contribution in [0.5, 0.6) is 17.2 Å². The Morgan fingerprint density at radius 3 is 1.60 bits per heavy atom. The number of Topliss-reactive ketones (excluding diaryl/α,β-unsaturated/α-hetero) is 1. The highest BCUT2D eigenvalue weighted by Gasteiger charge is 2.32. The Kier molecular flexibility index (Phi) is 32.8. The number of nitrogens with zero attached hydrogens (tertiary/aromatic N) is 5.